The second-order valence-corrected chi connectivity index (χ2v) is 2.97. The molecule has 0 aliphatic carbocycles. The first-order valence-electron chi connectivity index (χ1n) is 4.35. The standard InChI is InChI=1S/C10H15NO3/c1-7-10(14-3)9(6-13-2)8(5-12)4-11-7/h4,12H,5-6H2,1-3H3. The predicted octanol–water partition coefficient (Wildman–Crippen LogP) is 1.04. The van der Waals surface area contributed by atoms with Crippen molar-refractivity contribution in [1.82, 2.24) is 4.98 Å². The van der Waals surface area contributed by atoms with E-state index in [9.17, 15) is 0 Å². The van der Waals surface area contributed by atoms with Gasteiger partial charge in [-0.05, 0) is 6.92 Å². The summed E-state index contributed by atoms with van der Waals surface area (Å²) in [7, 11) is 3.20. The highest BCUT2D eigenvalue weighted by Gasteiger charge is 2.11. The molecule has 0 saturated heterocycles. The molecular weight excluding hydrogens is 182 g/mol. The normalized spacial score (nSPS) is 10.3. The molecule has 0 aliphatic heterocycles. The van der Waals surface area contributed by atoms with Gasteiger partial charge in [-0.15, -0.1) is 0 Å². The van der Waals surface area contributed by atoms with Crippen molar-refractivity contribution in [1.29, 1.82) is 0 Å². The Labute approximate surface area is 83.5 Å². The van der Waals surface area contributed by atoms with E-state index in [1.165, 1.54) is 0 Å². The minimum absolute atomic E-state index is 0.0532. The zero-order valence-electron chi connectivity index (χ0n) is 8.70. The number of hydrogen-bond acceptors (Lipinski definition) is 4. The van der Waals surface area contributed by atoms with Crippen LogP contribution in [0.2, 0.25) is 0 Å². The summed E-state index contributed by atoms with van der Waals surface area (Å²) in [6.45, 7) is 2.23. The first kappa shape index (κ1) is 10.9. The second-order valence-electron chi connectivity index (χ2n) is 2.97. The van der Waals surface area contributed by atoms with Crippen LogP contribution in [0.4, 0.5) is 0 Å². The zero-order valence-corrected chi connectivity index (χ0v) is 8.70. The molecule has 0 fully saturated rings. The lowest BCUT2D eigenvalue weighted by Gasteiger charge is -2.13. The lowest BCUT2D eigenvalue weighted by atomic mass is 10.1. The van der Waals surface area contributed by atoms with E-state index in [0.717, 1.165) is 16.8 Å². The molecule has 0 unspecified atom stereocenters. The Kier molecular flexibility index (Phi) is 3.85. The van der Waals surface area contributed by atoms with Gasteiger partial charge < -0.3 is 14.6 Å². The summed E-state index contributed by atoms with van der Waals surface area (Å²) in [5.74, 6) is 0.693. The van der Waals surface area contributed by atoms with Crippen molar-refractivity contribution in [2.24, 2.45) is 0 Å². The summed E-state index contributed by atoms with van der Waals surface area (Å²) in [6, 6.07) is 0. The maximum absolute atomic E-state index is 9.10. The number of aliphatic hydroxyl groups excluding tert-OH is 1. The van der Waals surface area contributed by atoms with Crippen molar-refractivity contribution in [3.63, 3.8) is 0 Å². The fraction of sp³-hybridized carbons (Fsp3) is 0.500. The molecule has 1 rings (SSSR count). The molecule has 0 bridgehead atoms. The SMILES string of the molecule is COCc1c(CO)cnc(C)c1OC. The van der Waals surface area contributed by atoms with E-state index >= 15 is 0 Å². The Morgan fingerprint density at radius 3 is 2.64 bits per heavy atom. The zero-order chi connectivity index (χ0) is 10.6. The highest BCUT2D eigenvalue weighted by molar-refractivity contribution is 5.41. The molecule has 0 amide bonds. The first-order valence-corrected chi connectivity index (χ1v) is 4.35. The Bertz CT molecular complexity index is 312. The summed E-state index contributed by atoms with van der Waals surface area (Å²) in [4.78, 5) is 4.12. The van der Waals surface area contributed by atoms with Gasteiger partial charge in [0.15, 0.2) is 0 Å². The van der Waals surface area contributed by atoms with Crippen molar-refractivity contribution < 1.29 is 14.6 Å². The number of aryl methyl sites for hydroxylation is 1. The van der Waals surface area contributed by atoms with Crippen LogP contribution in [0.5, 0.6) is 5.75 Å². The van der Waals surface area contributed by atoms with E-state index in [-0.39, 0.29) is 6.61 Å². The van der Waals surface area contributed by atoms with Gasteiger partial charge in [0.25, 0.3) is 0 Å². The lowest BCUT2D eigenvalue weighted by Crippen LogP contribution is -2.03. The molecule has 4 heteroatoms. The summed E-state index contributed by atoms with van der Waals surface area (Å²) in [6.07, 6.45) is 1.65. The van der Waals surface area contributed by atoms with Gasteiger partial charge >= 0.3 is 0 Å². The van der Waals surface area contributed by atoms with Gasteiger partial charge in [0.2, 0.25) is 0 Å². The number of pyridine rings is 1. The van der Waals surface area contributed by atoms with E-state index in [1.54, 1.807) is 20.4 Å². The number of aromatic nitrogens is 1. The van der Waals surface area contributed by atoms with Crippen molar-refractivity contribution in [2.75, 3.05) is 14.2 Å². The van der Waals surface area contributed by atoms with Crippen LogP contribution in [0.15, 0.2) is 6.20 Å². The molecule has 0 aliphatic rings. The summed E-state index contributed by atoms with van der Waals surface area (Å²) < 4.78 is 10.3. The predicted molar refractivity (Wildman–Crippen MR) is 52.2 cm³/mol. The topological polar surface area (TPSA) is 51.6 Å². The Balaban J connectivity index is 3.21. The van der Waals surface area contributed by atoms with Crippen LogP contribution >= 0.6 is 0 Å². The molecule has 4 nitrogen and oxygen atoms in total. The van der Waals surface area contributed by atoms with Crippen molar-refractivity contribution >= 4 is 0 Å². The van der Waals surface area contributed by atoms with Crippen molar-refractivity contribution in [2.45, 2.75) is 20.1 Å². The molecule has 14 heavy (non-hydrogen) atoms. The lowest BCUT2D eigenvalue weighted by molar-refractivity contribution is 0.177. The van der Waals surface area contributed by atoms with Gasteiger partial charge in [0, 0.05) is 24.4 Å². The Morgan fingerprint density at radius 2 is 2.14 bits per heavy atom. The fourth-order valence-electron chi connectivity index (χ4n) is 1.39. The van der Waals surface area contributed by atoms with Crippen LogP contribution in [-0.2, 0) is 18.0 Å². The van der Waals surface area contributed by atoms with Crippen LogP contribution < -0.4 is 4.74 Å². The molecular formula is C10H15NO3. The van der Waals surface area contributed by atoms with Gasteiger partial charge in [-0.2, -0.15) is 0 Å². The van der Waals surface area contributed by atoms with E-state index in [1.807, 2.05) is 6.92 Å². The smallest absolute Gasteiger partial charge is 0.145 e. The molecule has 1 aromatic heterocycles. The Hall–Kier alpha value is -1.13. The highest BCUT2D eigenvalue weighted by atomic mass is 16.5. The number of methoxy groups -OCH3 is 2. The third-order valence-corrected chi connectivity index (χ3v) is 2.07. The van der Waals surface area contributed by atoms with Crippen LogP contribution in [0.1, 0.15) is 16.8 Å². The third-order valence-electron chi connectivity index (χ3n) is 2.07. The van der Waals surface area contributed by atoms with Gasteiger partial charge in [0.05, 0.1) is 26.0 Å². The Morgan fingerprint density at radius 1 is 1.43 bits per heavy atom. The monoisotopic (exact) mass is 197 g/mol. The average molecular weight is 197 g/mol. The van der Waals surface area contributed by atoms with E-state index in [2.05, 4.69) is 4.98 Å². The van der Waals surface area contributed by atoms with Gasteiger partial charge in [-0.1, -0.05) is 0 Å². The minimum atomic E-state index is -0.0532. The highest BCUT2D eigenvalue weighted by Crippen LogP contribution is 2.25. The number of hydrogen-bond donors (Lipinski definition) is 1. The number of nitrogens with zero attached hydrogens (tertiary/aromatic N) is 1. The number of rotatable bonds is 4. The molecule has 0 atom stereocenters. The molecule has 1 heterocycles. The molecule has 1 N–H and O–H groups in total. The van der Waals surface area contributed by atoms with E-state index in [0.29, 0.717) is 12.4 Å². The quantitative estimate of drug-likeness (QED) is 0.783. The van der Waals surface area contributed by atoms with Gasteiger partial charge in [-0.25, -0.2) is 0 Å². The van der Waals surface area contributed by atoms with Crippen molar-refractivity contribution in [3.05, 3.63) is 23.0 Å². The third kappa shape index (κ3) is 2.02. The second kappa shape index (κ2) is 4.93. The first-order chi connectivity index (χ1) is 6.74. The molecule has 1 aromatic rings. The fourth-order valence-corrected chi connectivity index (χ4v) is 1.39. The molecule has 0 radical (unpaired) electrons. The minimum Gasteiger partial charge on any atom is -0.494 e. The van der Waals surface area contributed by atoms with E-state index < -0.39 is 0 Å². The van der Waals surface area contributed by atoms with Gasteiger partial charge in [0.1, 0.15) is 5.75 Å². The summed E-state index contributed by atoms with van der Waals surface area (Å²) >= 11 is 0. The number of aliphatic hydroxyl groups is 1. The molecule has 78 valence electrons. The van der Waals surface area contributed by atoms with Crippen LogP contribution in [0.25, 0.3) is 0 Å². The van der Waals surface area contributed by atoms with Crippen LogP contribution in [-0.4, -0.2) is 24.3 Å². The van der Waals surface area contributed by atoms with Crippen molar-refractivity contribution in [3.8, 4) is 5.75 Å². The van der Waals surface area contributed by atoms with Gasteiger partial charge in [-0.3, -0.25) is 4.98 Å². The largest absolute Gasteiger partial charge is 0.494 e. The molecule has 0 aromatic carbocycles. The average Bonchev–Trinajstić information content (AvgIpc) is 2.19. The van der Waals surface area contributed by atoms with E-state index in [4.69, 9.17) is 14.6 Å². The van der Waals surface area contributed by atoms with Crippen LogP contribution in [0, 0.1) is 6.92 Å². The molecule has 0 spiro atoms. The summed E-state index contributed by atoms with van der Waals surface area (Å²) in [5, 5.41) is 9.10. The molecule has 0 saturated carbocycles. The maximum atomic E-state index is 9.10. The van der Waals surface area contributed by atoms with Crippen LogP contribution in [0.3, 0.4) is 0 Å². The maximum Gasteiger partial charge on any atom is 0.145 e. The number of ether oxygens (including phenoxy) is 2. The summed E-state index contributed by atoms with van der Waals surface area (Å²) in [5.41, 5.74) is 2.41.